The molecule has 0 spiro atoms. The first-order chi connectivity index (χ1) is 3.80. The van der Waals surface area contributed by atoms with Crippen LogP contribution in [0.25, 0.3) is 0 Å². The molecule has 5 heteroatoms. The highest BCUT2D eigenvalue weighted by molar-refractivity contribution is 5.23. The Bertz CT molecular complexity index is 167. The predicted molar refractivity (Wildman–Crippen MR) is 23.0 cm³/mol. The summed E-state index contributed by atoms with van der Waals surface area (Å²) in [4.78, 5) is 0. The zero-order chi connectivity index (χ0) is 5.98. The standard InChI is InChI=1S/C3H2FN4/c4-2-1-6-8-7-3(2)5/h(H2,5,6,7). The minimum absolute atomic E-state index is 0.278. The molecule has 0 saturated heterocycles. The predicted octanol–water partition coefficient (Wildman–Crippen LogP) is -0.607. The highest BCUT2D eigenvalue weighted by atomic mass is 19.1. The maximum absolute atomic E-state index is 12.0. The van der Waals surface area contributed by atoms with E-state index in [0.29, 0.717) is 0 Å². The lowest BCUT2D eigenvalue weighted by molar-refractivity contribution is 0.601. The van der Waals surface area contributed by atoms with Crippen molar-refractivity contribution in [2.75, 3.05) is 5.73 Å². The molecule has 1 radical (unpaired) electrons. The molecule has 1 aromatic heterocycles. The zero-order valence-corrected chi connectivity index (χ0v) is 3.80. The maximum Gasteiger partial charge on any atom is 0.197 e. The van der Waals surface area contributed by atoms with Gasteiger partial charge in [-0.1, -0.05) is 0 Å². The van der Waals surface area contributed by atoms with Crippen molar-refractivity contribution in [3.05, 3.63) is 12.0 Å². The zero-order valence-electron chi connectivity index (χ0n) is 3.80. The molecule has 0 saturated carbocycles. The summed E-state index contributed by atoms with van der Waals surface area (Å²) in [5, 5.41) is 9.12. The van der Waals surface area contributed by atoms with Crippen LogP contribution in [0, 0.1) is 12.0 Å². The Morgan fingerprint density at radius 3 is 2.75 bits per heavy atom. The minimum atomic E-state index is -0.764. The lowest BCUT2D eigenvalue weighted by Crippen LogP contribution is -1.98. The van der Waals surface area contributed by atoms with Crippen molar-refractivity contribution < 1.29 is 4.39 Å². The molecule has 4 nitrogen and oxygen atoms in total. The van der Waals surface area contributed by atoms with Gasteiger partial charge in [0.1, 0.15) is 0 Å². The number of rotatable bonds is 0. The number of nitrogens with two attached hydrogens (primary N) is 1. The van der Waals surface area contributed by atoms with E-state index in [0.717, 1.165) is 0 Å². The average molecular weight is 113 g/mol. The average Bonchev–Trinajstić information content (AvgIpc) is 1.77. The van der Waals surface area contributed by atoms with Gasteiger partial charge >= 0.3 is 0 Å². The van der Waals surface area contributed by atoms with Crippen LogP contribution in [0.2, 0.25) is 0 Å². The molecule has 0 unspecified atom stereocenters. The highest BCUT2D eigenvalue weighted by Crippen LogP contribution is 1.96. The molecule has 0 bridgehead atoms. The molecule has 2 N–H and O–H groups in total. The van der Waals surface area contributed by atoms with E-state index in [1.165, 1.54) is 0 Å². The van der Waals surface area contributed by atoms with Gasteiger partial charge in [-0.05, 0) is 5.21 Å². The number of anilines is 1. The van der Waals surface area contributed by atoms with E-state index in [9.17, 15) is 4.39 Å². The molecule has 41 valence electrons. The Hall–Kier alpha value is -1.26. The first-order valence-electron chi connectivity index (χ1n) is 1.82. The summed E-state index contributed by atoms with van der Waals surface area (Å²) >= 11 is 0. The molecule has 0 aliphatic carbocycles. The quantitative estimate of drug-likeness (QED) is 0.487. The smallest absolute Gasteiger partial charge is 0.197 e. The normalized spacial score (nSPS) is 9.12. The Labute approximate surface area is 44.5 Å². The molecular formula is C3H2FN4. The molecule has 0 aromatic carbocycles. The minimum Gasteiger partial charge on any atom is -0.380 e. The summed E-state index contributed by atoms with van der Waals surface area (Å²) in [6, 6.07) is 0. The van der Waals surface area contributed by atoms with Crippen LogP contribution in [0.5, 0.6) is 0 Å². The molecule has 0 aliphatic rings. The third-order valence-corrected chi connectivity index (χ3v) is 0.570. The number of hydrogen-bond acceptors (Lipinski definition) is 4. The van der Waals surface area contributed by atoms with Crippen LogP contribution in [0.1, 0.15) is 0 Å². The topological polar surface area (TPSA) is 64.7 Å². The molecule has 0 aliphatic heterocycles. The maximum atomic E-state index is 12.0. The fourth-order valence-corrected chi connectivity index (χ4v) is 0.238. The van der Waals surface area contributed by atoms with Crippen LogP contribution in [-0.2, 0) is 0 Å². The van der Waals surface area contributed by atoms with E-state index in [4.69, 9.17) is 5.73 Å². The molecular weight excluding hydrogens is 111 g/mol. The largest absolute Gasteiger partial charge is 0.380 e. The van der Waals surface area contributed by atoms with Gasteiger partial charge in [-0.3, -0.25) is 0 Å². The van der Waals surface area contributed by atoms with Gasteiger partial charge in [0.25, 0.3) is 0 Å². The summed E-state index contributed by atoms with van der Waals surface area (Å²) in [6.07, 6.45) is 1.88. The third-order valence-electron chi connectivity index (χ3n) is 0.570. The second-order valence-electron chi connectivity index (χ2n) is 1.10. The van der Waals surface area contributed by atoms with Crippen molar-refractivity contribution in [2.45, 2.75) is 0 Å². The summed E-state index contributed by atoms with van der Waals surface area (Å²) in [6.45, 7) is 0. The van der Waals surface area contributed by atoms with Crippen LogP contribution >= 0.6 is 0 Å². The molecule has 0 atom stereocenters. The summed E-state index contributed by atoms with van der Waals surface area (Å²) < 4.78 is 12.0. The molecule has 1 aromatic rings. The summed E-state index contributed by atoms with van der Waals surface area (Å²) in [5.74, 6) is -1.04. The van der Waals surface area contributed by atoms with Gasteiger partial charge in [0.15, 0.2) is 17.8 Å². The van der Waals surface area contributed by atoms with Gasteiger partial charge in [0.05, 0.1) is 0 Å². The molecule has 0 fully saturated rings. The molecule has 1 rings (SSSR count). The number of nitrogen functional groups attached to an aromatic ring is 1. The van der Waals surface area contributed by atoms with Gasteiger partial charge in [0.2, 0.25) is 0 Å². The molecule has 8 heavy (non-hydrogen) atoms. The SMILES string of the molecule is Nc1nnn[c]c1F. The van der Waals surface area contributed by atoms with Crippen molar-refractivity contribution in [1.29, 1.82) is 0 Å². The van der Waals surface area contributed by atoms with E-state index in [2.05, 4.69) is 15.4 Å². The van der Waals surface area contributed by atoms with Crippen molar-refractivity contribution >= 4 is 5.82 Å². The lowest BCUT2D eigenvalue weighted by Gasteiger charge is -1.85. The van der Waals surface area contributed by atoms with Crippen LogP contribution in [-0.4, -0.2) is 15.4 Å². The van der Waals surface area contributed by atoms with Crippen molar-refractivity contribution in [3.8, 4) is 0 Å². The Kier molecular flexibility index (Phi) is 1.03. The number of nitrogens with zero attached hydrogens (tertiary/aromatic N) is 3. The van der Waals surface area contributed by atoms with Gasteiger partial charge in [-0.2, -0.15) is 0 Å². The Morgan fingerprint density at radius 2 is 2.38 bits per heavy atom. The Morgan fingerprint density at radius 1 is 1.62 bits per heavy atom. The van der Waals surface area contributed by atoms with Gasteiger partial charge in [-0.25, -0.2) is 4.39 Å². The van der Waals surface area contributed by atoms with E-state index >= 15 is 0 Å². The van der Waals surface area contributed by atoms with E-state index in [1.807, 2.05) is 6.20 Å². The van der Waals surface area contributed by atoms with Crippen molar-refractivity contribution in [2.24, 2.45) is 0 Å². The van der Waals surface area contributed by atoms with Crippen LogP contribution in [0.3, 0.4) is 0 Å². The Balaban J connectivity index is 3.13. The fourth-order valence-electron chi connectivity index (χ4n) is 0.238. The van der Waals surface area contributed by atoms with Crippen molar-refractivity contribution in [3.63, 3.8) is 0 Å². The monoisotopic (exact) mass is 113 g/mol. The highest BCUT2D eigenvalue weighted by Gasteiger charge is 1.95. The lowest BCUT2D eigenvalue weighted by atomic mass is 10.6. The van der Waals surface area contributed by atoms with Gasteiger partial charge < -0.3 is 5.73 Å². The number of aromatic nitrogens is 3. The van der Waals surface area contributed by atoms with Gasteiger partial charge in [0, 0.05) is 0 Å². The van der Waals surface area contributed by atoms with Crippen LogP contribution in [0.4, 0.5) is 10.2 Å². The van der Waals surface area contributed by atoms with Crippen LogP contribution < -0.4 is 5.73 Å². The summed E-state index contributed by atoms with van der Waals surface area (Å²) in [5.41, 5.74) is 4.90. The first-order valence-corrected chi connectivity index (χ1v) is 1.82. The fraction of sp³-hybridized carbons (Fsp3) is 0. The molecule has 0 amide bonds. The van der Waals surface area contributed by atoms with Crippen LogP contribution in [0.15, 0.2) is 0 Å². The summed E-state index contributed by atoms with van der Waals surface area (Å²) in [7, 11) is 0. The number of hydrogen-bond donors (Lipinski definition) is 1. The van der Waals surface area contributed by atoms with E-state index in [-0.39, 0.29) is 5.82 Å². The van der Waals surface area contributed by atoms with Gasteiger partial charge in [-0.15, -0.1) is 10.2 Å². The second kappa shape index (κ2) is 1.69. The first kappa shape index (κ1) is 4.89. The van der Waals surface area contributed by atoms with Crippen molar-refractivity contribution in [1.82, 2.24) is 15.4 Å². The van der Waals surface area contributed by atoms with E-state index in [1.54, 1.807) is 0 Å². The number of halogens is 1. The van der Waals surface area contributed by atoms with E-state index < -0.39 is 5.82 Å². The third kappa shape index (κ3) is 0.699. The second-order valence-corrected chi connectivity index (χ2v) is 1.10. The molecule has 1 heterocycles.